The molecule has 1 aromatic rings. The third-order valence-corrected chi connectivity index (χ3v) is 4.73. The van der Waals surface area contributed by atoms with Gasteiger partial charge in [0.05, 0.1) is 7.11 Å². The van der Waals surface area contributed by atoms with Crippen molar-refractivity contribution in [1.29, 1.82) is 0 Å². The van der Waals surface area contributed by atoms with Gasteiger partial charge in [-0.25, -0.2) is 9.97 Å². The van der Waals surface area contributed by atoms with Crippen molar-refractivity contribution in [3.05, 3.63) is 18.5 Å². The molecule has 1 aromatic heterocycles. The summed E-state index contributed by atoms with van der Waals surface area (Å²) in [6.07, 6.45) is 7.12. The molecule has 1 aliphatic rings. The lowest BCUT2D eigenvalue weighted by Gasteiger charge is -2.37. The van der Waals surface area contributed by atoms with Crippen molar-refractivity contribution in [1.82, 2.24) is 15.3 Å². The van der Waals surface area contributed by atoms with Crippen LogP contribution in [0.15, 0.2) is 23.6 Å². The van der Waals surface area contributed by atoms with Crippen LogP contribution in [-0.4, -0.2) is 40.9 Å². The van der Waals surface area contributed by atoms with Gasteiger partial charge in [-0.05, 0) is 38.8 Å². The largest absolute Gasteiger partial charge is 0.468 e. The third-order valence-electron chi connectivity index (χ3n) is 3.57. The summed E-state index contributed by atoms with van der Waals surface area (Å²) >= 11 is 1.64. The molecule has 5 nitrogen and oxygen atoms in total. The van der Waals surface area contributed by atoms with Gasteiger partial charge in [0.25, 0.3) is 0 Å². The maximum Gasteiger partial charge on any atom is 0.326 e. The molecule has 0 amide bonds. The fraction of sp³-hybridized carbons (Fsp3) is 0.615. The summed E-state index contributed by atoms with van der Waals surface area (Å²) < 4.78 is 4.94. The van der Waals surface area contributed by atoms with Gasteiger partial charge in [0.1, 0.15) is 5.54 Å². The van der Waals surface area contributed by atoms with Crippen LogP contribution >= 0.6 is 11.8 Å². The summed E-state index contributed by atoms with van der Waals surface area (Å²) in [5.41, 5.74) is -0.556. The number of ether oxygens (including phenoxy) is 1. The van der Waals surface area contributed by atoms with E-state index in [1.165, 1.54) is 7.11 Å². The van der Waals surface area contributed by atoms with E-state index in [-0.39, 0.29) is 5.97 Å². The summed E-state index contributed by atoms with van der Waals surface area (Å²) in [6.45, 7) is 0. The standard InChI is InChI=1S/C13H19N3O2S/c1-14-13(11(17)18-2)6-3-5-10(9-13)19-12-15-7-4-8-16-12/h4,7-8,10,14H,3,5-6,9H2,1-2H3. The molecule has 1 saturated carbocycles. The fourth-order valence-electron chi connectivity index (χ4n) is 2.53. The average molecular weight is 281 g/mol. The van der Waals surface area contributed by atoms with Gasteiger partial charge in [-0.2, -0.15) is 0 Å². The number of methoxy groups -OCH3 is 1. The Hall–Kier alpha value is -1.14. The average Bonchev–Trinajstić information content (AvgIpc) is 2.47. The Kier molecular flexibility index (Phi) is 4.76. The molecule has 0 radical (unpaired) electrons. The number of nitrogens with one attached hydrogen (secondary N) is 1. The highest BCUT2D eigenvalue weighted by atomic mass is 32.2. The Morgan fingerprint density at radius 1 is 1.53 bits per heavy atom. The fourth-order valence-corrected chi connectivity index (χ4v) is 3.72. The van der Waals surface area contributed by atoms with Crippen LogP contribution in [0.1, 0.15) is 25.7 Å². The third kappa shape index (κ3) is 3.25. The van der Waals surface area contributed by atoms with E-state index in [9.17, 15) is 4.79 Å². The van der Waals surface area contributed by atoms with Gasteiger partial charge in [0.15, 0.2) is 5.16 Å². The van der Waals surface area contributed by atoms with Crippen molar-refractivity contribution in [2.45, 2.75) is 41.6 Å². The van der Waals surface area contributed by atoms with Crippen LogP contribution in [-0.2, 0) is 9.53 Å². The molecule has 0 aliphatic heterocycles. The highest BCUT2D eigenvalue weighted by Gasteiger charge is 2.42. The van der Waals surface area contributed by atoms with E-state index >= 15 is 0 Å². The summed E-state index contributed by atoms with van der Waals surface area (Å²) in [7, 11) is 3.27. The number of thioether (sulfide) groups is 1. The van der Waals surface area contributed by atoms with Crippen molar-refractivity contribution >= 4 is 17.7 Å². The Labute approximate surface area is 117 Å². The molecular formula is C13H19N3O2S. The highest BCUT2D eigenvalue weighted by molar-refractivity contribution is 7.99. The zero-order chi connectivity index (χ0) is 13.7. The first-order chi connectivity index (χ1) is 9.20. The highest BCUT2D eigenvalue weighted by Crippen LogP contribution is 2.37. The number of nitrogens with zero attached hydrogens (tertiary/aromatic N) is 2. The van der Waals surface area contributed by atoms with Crippen molar-refractivity contribution in [3.63, 3.8) is 0 Å². The smallest absolute Gasteiger partial charge is 0.326 e. The minimum Gasteiger partial charge on any atom is -0.468 e. The van der Waals surface area contributed by atoms with Gasteiger partial charge < -0.3 is 10.1 Å². The number of esters is 1. The van der Waals surface area contributed by atoms with Crippen molar-refractivity contribution in [2.75, 3.05) is 14.2 Å². The molecule has 0 aromatic carbocycles. The maximum atomic E-state index is 12.0. The van der Waals surface area contributed by atoms with E-state index in [2.05, 4.69) is 15.3 Å². The van der Waals surface area contributed by atoms with E-state index in [4.69, 9.17) is 4.74 Å². The number of aromatic nitrogens is 2. The molecule has 2 unspecified atom stereocenters. The SMILES string of the molecule is CNC1(C(=O)OC)CCCC(Sc2ncccn2)C1. The van der Waals surface area contributed by atoms with Gasteiger partial charge in [0, 0.05) is 17.6 Å². The van der Waals surface area contributed by atoms with Crippen LogP contribution in [0.4, 0.5) is 0 Å². The second-order valence-corrected chi connectivity index (χ2v) is 5.96. The van der Waals surface area contributed by atoms with Crippen LogP contribution in [0.3, 0.4) is 0 Å². The van der Waals surface area contributed by atoms with Gasteiger partial charge in [-0.1, -0.05) is 11.8 Å². The van der Waals surface area contributed by atoms with Crippen LogP contribution < -0.4 is 5.32 Å². The normalized spacial score (nSPS) is 26.9. The molecule has 0 spiro atoms. The zero-order valence-corrected chi connectivity index (χ0v) is 12.1. The van der Waals surface area contributed by atoms with Gasteiger partial charge in [0.2, 0.25) is 0 Å². The Morgan fingerprint density at radius 3 is 2.89 bits per heavy atom. The van der Waals surface area contributed by atoms with Crippen LogP contribution in [0.25, 0.3) is 0 Å². The first-order valence-corrected chi connectivity index (χ1v) is 7.29. The van der Waals surface area contributed by atoms with Crippen LogP contribution in [0.5, 0.6) is 0 Å². The molecule has 104 valence electrons. The molecular weight excluding hydrogens is 262 g/mol. The lowest BCUT2D eigenvalue weighted by molar-refractivity contribution is -0.149. The maximum absolute atomic E-state index is 12.0. The number of rotatable bonds is 4. The first-order valence-electron chi connectivity index (χ1n) is 6.41. The molecule has 2 rings (SSSR count). The predicted octanol–water partition coefficient (Wildman–Crippen LogP) is 1.64. The number of carbonyl (C=O) groups excluding carboxylic acids is 1. The zero-order valence-electron chi connectivity index (χ0n) is 11.3. The molecule has 0 bridgehead atoms. The van der Waals surface area contributed by atoms with E-state index in [1.54, 1.807) is 30.2 Å². The Balaban J connectivity index is 2.06. The first kappa shape index (κ1) is 14.3. The molecule has 2 atom stereocenters. The number of hydrogen-bond donors (Lipinski definition) is 1. The second-order valence-electron chi connectivity index (χ2n) is 4.69. The molecule has 1 N–H and O–H groups in total. The minimum atomic E-state index is -0.556. The number of hydrogen-bond acceptors (Lipinski definition) is 6. The van der Waals surface area contributed by atoms with Gasteiger partial charge in [-0.15, -0.1) is 0 Å². The summed E-state index contributed by atoms with van der Waals surface area (Å²) in [5, 5.41) is 4.26. The monoisotopic (exact) mass is 281 g/mol. The van der Waals surface area contributed by atoms with E-state index in [0.717, 1.165) is 30.8 Å². The van der Waals surface area contributed by atoms with E-state index in [1.807, 2.05) is 7.05 Å². The van der Waals surface area contributed by atoms with Gasteiger partial charge in [-0.3, -0.25) is 4.79 Å². The number of carbonyl (C=O) groups is 1. The lowest BCUT2D eigenvalue weighted by Crippen LogP contribution is -2.54. The van der Waals surface area contributed by atoms with Crippen LogP contribution in [0.2, 0.25) is 0 Å². The van der Waals surface area contributed by atoms with Crippen LogP contribution in [0, 0.1) is 0 Å². The quantitative estimate of drug-likeness (QED) is 0.668. The van der Waals surface area contributed by atoms with Crippen molar-refractivity contribution in [2.24, 2.45) is 0 Å². The lowest BCUT2D eigenvalue weighted by atomic mass is 9.81. The number of likely N-dealkylation sites (N-methyl/N-ethyl adjacent to an activating group) is 1. The second kappa shape index (κ2) is 6.34. The topological polar surface area (TPSA) is 64.1 Å². The van der Waals surface area contributed by atoms with Gasteiger partial charge >= 0.3 is 5.97 Å². The van der Waals surface area contributed by atoms with Crippen molar-refractivity contribution in [3.8, 4) is 0 Å². The van der Waals surface area contributed by atoms with E-state index in [0.29, 0.717) is 5.25 Å². The molecule has 19 heavy (non-hydrogen) atoms. The summed E-state index contributed by atoms with van der Waals surface area (Å²) in [6, 6.07) is 1.80. The Bertz CT molecular complexity index is 429. The summed E-state index contributed by atoms with van der Waals surface area (Å²) in [4.78, 5) is 20.4. The minimum absolute atomic E-state index is 0.172. The van der Waals surface area contributed by atoms with E-state index < -0.39 is 5.54 Å². The molecule has 6 heteroatoms. The molecule has 0 saturated heterocycles. The predicted molar refractivity (Wildman–Crippen MR) is 74.0 cm³/mol. The molecule has 1 fully saturated rings. The Morgan fingerprint density at radius 2 is 2.26 bits per heavy atom. The summed E-state index contributed by atoms with van der Waals surface area (Å²) in [5.74, 6) is -0.172. The molecule has 1 heterocycles. The van der Waals surface area contributed by atoms with Crippen molar-refractivity contribution < 1.29 is 9.53 Å². The molecule has 1 aliphatic carbocycles.